The van der Waals surface area contributed by atoms with Gasteiger partial charge in [0.05, 0.1) is 11.7 Å². The maximum atomic E-state index is 12.9. The Morgan fingerprint density at radius 3 is 2.84 bits per heavy atom. The van der Waals surface area contributed by atoms with Crippen LogP contribution in [-0.4, -0.2) is 26.5 Å². The molecule has 0 bridgehead atoms. The van der Waals surface area contributed by atoms with Crippen molar-refractivity contribution in [3.63, 3.8) is 0 Å². The Balaban J connectivity index is 1.78. The normalized spacial score (nSPS) is 14.8. The molecule has 0 aliphatic heterocycles. The number of aromatic nitrogens is 2. The third-order valence-corrected chi connectivity index (χ3v) is 4.46. The fourth-order valence-corrected chi connectivity index (χ4v) is 3.00. The minimum Gasteiger partial charge on any atom is -0.315 e. The molecule has 0 spiro atoms. The molecular weight excluding hydrogens is 316 g/mol. The van der Waals surface area contributed by atoms with Crippen LogP contribution in [0.2, 0.25) is 0 Å². The van der Waals surface area contributed by atoms with E-state index in [1.165, 1.54) is 6.07 Å². The number of carbonyl (C=O) groups excluding carboxylic acids is 1. The number of urea groups is 1. The zero-order valence-corrected chi connectivity index (χ0v) is 14.7. The third-order valence-electron chi connectivity index (χ3n) is 4.46. The maximum absolute atomic E-state index is 12.9. The van der Waals surface area contributed by atoms with Gasteiger partial charge in [-0.25, -0.2) is 4.79 Å². The molecule has 3 rings (SSSR count). The van der Waals surface area contributed by atoms with Gasteiger partial charge in [-0.2, -0.15) is 0 Å². The highest BCUT2D eigenvalue weighted by atomic mass is 16.2. The van der Waals surface area contributed by atoms with Gasteiger partial charge in [-0.15, -0.1) is 0 Å². The van der Waals surface area contributed by atoms with Gasteiger partial charge in [-0.05, 0) is 43.9 Å². The monoisotopic (exact) mass is 340 g/mol. The first-order valence-corrected chi connectivity index (χ1v) is 8.80. The number of anilines is 1. The van der Waals surface area contributed by atoms with Crippen LogP contribution in [0.5, 0.6) is 0 Å². The average Bonchev–Trinajstić information content (AvgIpc) is 3.44. The number of rotatable bonds is 6. The van der Waals surface area contributed by atoms with Crippen LogP contribution in [0.25, 0.3) is 0 Å². The first-order chi connectivity index (χ1) is 12.1. The summed E-state index contributed by atoms with van der Waals surface area (Å²) in [6, 6.07) is 7.10. The lowest BCUT2D eigenvalue weighted by molar-refractivity contribution is 0.189. The highest BCUT2D eigenvalue weighted by molar-refractivity contribution is 5.89. The second-order valence-electron chi connectivity index (χ2n) is 6.48. The first kappa shape index (κ1) is 17.2. The van der Waals surface area contributed by atoms with Crippen molar-refractivity contribution < 1.29 is 4.79 Å². The third kappa shape index (κ3) is 4.07. The van der Waals surface area contributed by atoms with Gasteiger partial charge in [0.25, 0.3) is 5.56 Å². The quantitative estimate of drug-likeness (QED) is 0.876. The zero-order valence-electron chi connectivity index (χ0n) is 14.7. The lowest BCUT2D eigenvalue weighted by Crippen LogP contribution is -2.39. The summed E-state index contributed by atoms with van der Waals surface area (Å²) in [5.74, 6) is 0. The van der Waals surface area contributed by atoms with E-state index >= 15 is 0 Å². The van der Waals surface area contributed by atoms with E-state index in [0.717, 1.165) is 24.8 Å². The Morgan fingerprint density at radius 2 is 2.20 bits per heavy atom. The molecule has 6 heteroatoms. The predicted octanol–water partition coefficient (Wildman–Crippen LogP) is 3.41. The molecular formula is C19H24N4O2. The Hall–Kier alpha value is -2.63. The summed E-state index contributed by atoms with van der Waals surface area (Å²) < 4.78 is 1.63. The molecule has 1 aliphatic rings. The molecule has 2 aromatic heterocycles. The minimum atomic E-state index is -0.138. The molecule has 1 saturated carbocycles. The van der Waals surface area contributed by atoms with Crippen molar-refractivity contribution in [1.29, 1.82) is 0 Å². The van der Waals surface area contributed by atoms with E-state index in [-0.39, 0.29) is 23.7 Å². The van der Waals surface area contributed by atoms with E-state index in [9.17, 15) is 9.59 Å². The lowest BCUT2D eigenvalue weighted by atomic mass is 10.1. The number of aryl methyl sites for hydroxylation is 1. The highest BCUT2D eigenvalue weighted by Gasteiger charge is 2.36. The minimum absolute atomic E-state index is 0.0530. The Bertz CT molecular complexity index is 784. The van der Waals surface area contributed by atoms with Crippen LogP contribution in [0.15, 0.2) is 47.7 Å². The van der Waals surface area contributed by atoms with Gasteiger partial charge in [0.15, 0.2) is 0 Å². The molecule has 132 valence electrons. The summed E-state index contributed by atoms with van der Waals surface area (Å²) in [6.45, 7) is 4.68. The van der Waals surface area contributed by atoms with E-state index in [1.54, 1.807) is 29.2 Å². The van der Waals surface area contributed by atoms with Gasteiger partial charge in [0.2, 0.25) is 0 Å². The van der Waals surface area contributed by atoms with E-state index in [4.69, 9.17) is 0 Å². The van der Waals surface area contributed by atoms with Crippen molar-refractivity contribution in [2.45, 2.75) is 51.7 Å². The summed E-state index contributed by atoms with van der Waals surface area (Å²) in [6.07, 6.45) is 8.15. The topological polar surface area (TPSA) is 67.2 Å². The van der Waals surface area contributed by atoms with E-state index in [2.05, 4.69) is 10.3 Å². The van der Waals surface area contributed by atoms with Crippen molar-refractivity contribution in [1.82, 2.24) is 14.5 Å². The van der Waals surface area contributed by atoms with Gasteiger partial charge < -0.3 is 14.8 Å². The molecule has 6 nitrogen and oxygen atoms in total. The molecule has 1 unspecified atom stereocenters. The zero-order chi connectivity index (χ0) is 17.8. The Labute approximate surface area is 147 Å². The van der Waals surface area contributed by atoms with E-state index in [0.29, 0.717) is 12.2 Å². The molecule has 2 heterocycles. The Kier molecular flexibility index (Phi) is 5.16. The van der Waals surface area contributed by atoms with Gasteiger partial charge in [-0.1, -0.05) is 13.0 Å². The summed E-state index contributed by atoms with van der Waals surface area (Å²) in [5.41, 5.74) is 1.60. The standard InChI is InChI=1S/C19H24N4O2/c1-3-11-22-13-16(6-9-18(22)24)21-19(25)23(17-7-8-17)14(2)15-5-4-10-20-12-15/h4-6,9-10,12-14,17H,3,7-8,11H2,1-2H3,(H,21,25). The molecule has 1 atom stereocenters. The largest absolute Gasteiger partial charge is 0.322 e. The molecule has 0 aromatic carbocycles. The smallest absolute Gasteiger partial charge is 0.315 e. The number of carbonyl (C=O) groups is 1. The average molecular weight is 340 g/mol. The van der Waals surface area contributed by atoms with Crippen LogP contribution in [0.3, 0.4) is 0 Å². The van der Waals surface area contributed by atoms with Crippen molar-refractivity contribution in [2.75, 3.05) is 5.32 Å². The van der Waals surface area contributed by atoms with Crippen LogP contribution in [0.4, 0.5) is 10.5 Å². The van der Waals surface area contributed by atoms with Crippen molar-refractivity contribution in [3.05, 3.63) is 58.8 Å². The Morgan fingerprint density at radius 1 is 1.40 bits per heavy atom. The predicted molar refractivity (Wildman–Crippen MR) is 97.5 cm³/mol. The van der Waals surface area contributed by atoms with Gasteiger partial charge in [-0.3, -0.25) is 9.78 Å². The van der Waals surface area contributed by atoms with Crippen LogP contribution in [-0.2, 0) is 6.54 Å². The molecule has 2 amide bonds. The van der Waals surface area contributed by atoms with Crippen molar-refractivity contribution in [3.8, 4) is 0 Å². The van der Waals surface area contributed by atoms with Crippen molar-refractivity contribution >= 4 is 11.7 Å². The SMILES string of the molecule is CCCn1cc(NC(=O)N(C2CC2)C(C)c2cccnc2)ccc1=O. The number of nitrogens with zero attached hydrogens (tertiary/aromatic N) is 3. The highest BCUT2D eigenvalue weighted by Crippen LogP contribution is 2.34. The molecule has 1 fully saturated rings. The number of nitrogens with one attached hydrogen (secondary N) is 1. The summed E-state index contributed by atoms with van der Waals surface area (Å²) in [4.78, 5) is 30.7. The van der Waals surface area contributed by atoms with Gasteiger partial charge in [0.1, 0.15) is 0 Å². The second-order valence-corrected chi connectivity index (χ2v) is 6.48. The fraction of sp³-hybridized carbons (Fsp3) is 0.421. The van der Waals surface area contributed by atoms with Crippen LogP contribution in [0, 0.1) is 0 Å². The van der Waals surface area contributed by atoms with E-state index < -0.39 is 0 Å². The summed E-state index contributed by atoms with van der Waals surface area (Å²) in [5, 5.41) is 2.95. The number of hydrogen-bond acceptors (Lipinski definition) is 3. The molecule has 1 N–H and O–H groups in total. The molecule has 2 aromatic rings. The molecule has 1 aliphatic carbocycles. The fourth-order valence-electron chi connectivity index (χ4n) is 3.00. The summed E-state index contributed by atoms with van der Waals surface area (Å²) >= 11 is 0. The maximum Gasteiger partial charge on any atom is 0.322 e. The van der Waals surface area contributed by atoms with Crippen LogP contribution < -0.4 is 10.9 Å². The second kappa shape index (κ2) is 7.51. The summed E-state index contributed by atoms with van der Waals surface area (Å²) in [7, 11) is 0. The van der Waals surface area contributed by atoms with Gasteiger partial charge >= 0.3 is 6.03 Å². The van der Waals surface area contributed by atoms with Crippen molar-refractivity contribution in [2.24, 2.45) is 0 Å². The molecule has 0 saturated heterocycles. The molecule has 0 radical (unpaired) electrons. The van der Waals surface area contributed by atoms with Gasteiger partial charge in [0, 0.05) is 37.2 Å². The number of amides is 2. The first-order valence-electron chi connectivity index (χ1n) is 8.80. The van der Waals surface area contributed by atoms with Crippen LogP contribution >= 0.6 is 0 Å². The molecule has 25 heavy (non-hydrogen) atoms. The number of hydrogen-bond donors (Lipinski definition) is 1. The lowest BCUT2D eigenvalue weighted by Gasteiger charge is -2.29. The van der Waals surface area contributed by atoms with E-state index in [1.807, 2.05) is 30.9 Å². The number of pyridine rings is 2. The van der Waals surface area contributed by atoms with Crippen LogP contribution in [0.1, 0.15) is 44.7 Å².